The van der Waals surface area contributed by atoms with E-state index in [0.29, 0.717) is 11.5 Å². The number of carbonyl (C=O) groups is 1. The molecule has 2 rings (SSSR count). The molecule has 1 amide bonds. The van der Waals surface area contributed by atoms with Crippen molar-refractivity contribution < 1.29 is 13.2 Å². The third kappa shape index (κ3) is 3.12. The van der Waals surface area contributed by atoms with Crippen LogP contribution in [0.3, 0.4) is 0 Å². The van der Waals surface area contributed by atoms with E-state index in [1.54, 1.807) is 12.1 Å². The first-order valence-corrected chi connectivity index (χ1v) is 7.89. The molecule has 1 N–H and O–H groups in total. The normalized spacial score (nSPS) is 15.6. The summed E-state index contributed by atoms with van der Waals surface area (Å²) in [6.07, 6.45) is 2.02. The van der Waals surface area contributed by atoms with Gasteiger partial charge in [-0.3, -0.25) is 9.78 Å². The number of carbonyl (C=O) groups excluding carboxylic acids is 1. The van der Waals surface area contributed by atoms with Gasteiger partial charge in [-0.15, -0.1) is 0 Å². The Morgan fingerprint density at radius 3 is 2.53 bits per heavy atom. The van der Waals surface area contributed by atoms with Gasteiger partial charge in [-0.1, -0.05) is 0 Å². The largest absolute Gasteiger partial charge is 0.268 e. The molecule has 104 valence electrons. The number of hydrogen-bond acceptors (Lipinski definition) is 4. The summed E-state index contributed by atoms with van der Waals surface area (Å²) >= 11 is 0. The molecule has 1 aliphatic carbocycles. The molecule has 5 nitrogen and oxygen atoms in total. The summed E-state index contributed by atoms with van der Waals surface area (Å²) in [4.78, 5) is 16.5. The van der Waals surface area contributed by atoms with E-state index in [9.17, 15) is 13.2 Å². The smallest absolute Gasteiger partial charge is 0.266 e. The monoisotopic (exact) mass is 282 g/mol. The molecule has 0 atom stereocenters. The number of rotatable bonds is 4. The molecular formula is C13H18N2O3S. The van der Waals surface area contributed by atoms with Gasteiger partial charge in [0.25, 0.3) is 5.91 Å². The lowest BCUT2D eigenvalue weighted by Gasteiger charge is -2.12. The quantitative estimate of drug-likeness (QED) is 0.912. The van der Waals surface area contributed by atoms with Gasteiger partial charge in [0.05, 0.1) is 16.5 Å². The molecule has 1 aromatic heterocycles. The molecule has 1 heterocycles. The Hall–Kier alpha value is -1.43. The van der Waals surface area contributed by atoms with Crippen molar-refractivity contribution in [1.29, 1.82) is 0 Å². The highest BCUT2D eigenvalue weighted by atomic mass is 32.2. The van der Waals surface area contributed by atoms with Crippen LogP contribution < -0.4 is 4.72 Å². The Bertz CT molecular complexity index is 604. The molecule has 1 saturated carbocycles. The average Bonchev–Trinajstić information content (AvgIpc) is 3.11. The standard InChI is InChI=1S/C13H18N2O3S/c1-8(2)19(17,18)15-13(16)11-7-4-9(3)14-12(11)10-5-6-10/h4,7-8,10H,5-6H2,1-3H3,(H,15,16). The predicted molar refractivity (Wildman–Crippen MR) is 72.5 cm³/mol. The number of sulfonamides is 1. The van der Waals surface area contributed by atoms with E-state index >= 15 is 0 Å². The number of pyridine rings is 1. The molecule has 6 heteroatoms. The fraction of sp³-hybridized carbons (Fsp3) is 0.538. The van der Waals surface area contributed by atoms with Gasteiger partial charge < -0.3 is 0 Å². The fourth-order valence-electron chi connectivity index (χ4n) is 1.74. The van der Waals surface area contributed by atoms with Crippen LogP contribution in [0.5, 0.6) is 0 Å². The second kappa shape index (κ2) is 4.92. The van der Waals surface area contributed by atoms with E-state index in [2.05, 4.69) is 9.71 Å². The Kier molecular flexibility index (Phi) is 3.62. The van der Waals surface area contributed by atoms with Crippen LogP contribution in [0, 0.1) is 6.92 Å². The van der Waals surface area contributed by atoms with E-state index in [-0.39, 0.29) is 0 Å². The second-order valence-corrected chi connectivity index (χ2v) is 7.42. The summed E-state index contributed by atoms with van der Waals surface area (Å²) in [5, 5.41) is -0.640. The van der Waals surface area contributed by atoms with Gasteiger partial charge in [-0.25, -0.2) is 13.1 Å². The number of aromatic nitrogens is 1. The highest BCUT2D eigenvalue weighted by Crippen LogP contribution is 2.40. The van der Waals surface area contributed by atoms with Gasteiger partial charge in [0, 0.05) is 11.6 Å². The van der Waals surface area contributed by atoms with Crippen LogP contribution in [-0.4, -0.2) is 24.6 Å². The zero-order valence-corrected chi connectivity index (χ0v) is 12.1. The van der Waals surface area contributed by atoms with Crippen LogP contribution in [0.15, 0.2) is 12.1 Å². The Morgan fingerprint density at radius 2 is 2.00 bits per heavy atom. The highest BCUT2D eigenvalue weighted by molar-refractivity contribution is 7.90. The van der Waals surface area contributed by atoms with Crippen molar-refractivity contribution in [3.05, 3.63) is 29.1 Å². The third-order valence-electron chi connectivity index (χ3n) is 3.13. The molecular weight excluding hydrogens is 264 g/mol. The van der Waals surface area contributed by atoms with E-state index in [4.69, 9.17) is 0 Å². The van der Waals surface area contributed by atoms with Crippen LogP contribution in [0.2, 0.25) is 0 Å². The summed E-state index contributed by atoms with van der Waals surface area (Å²) < 4.78 is 25.6. The first-order valence-electron chi connectivity index (χ1n) is 6.35. The lowest BCUT2D eigenvalue weighted by Crippen LogP contribution is -2.36. The van der Waals surface area contributed by atoms with Crippen LogP contribution in [0.25, 0.3) is 0 Å². The summed E-state index contributed by atoms with van der Waals surface area (Å²) in [7, 11) is -3.61. The Labute approximate surface area is 113 Å². The molecule has 1 aliphatic rings. The summed E-state index contributed by atoms with van der Waals surface area (Å²) in [6.45, 7) is 4.92. The zero-order chi connectivity index (χ0) is 14.2. The molecule has 0 aromatic carbocycles. The van der Waals surface area contributed by atoms with Crippen molar-refractivity contribution in [3.8, 4) is 0 Å². The van der Waals surface area contributed by atoms with Crippen LogP contribution in [0.4, 0.5) is 0 Å². The maximum absolute atomic E-state index is 12.1. The van der Waals surface area contributed by atoms with Gasteiger partial charge in [0.15, 0.2) is 0 Å². The van der Waals surface area contributed by atoms with Gasteiger partial charge in [-0.2, -0.15) is 0 Å². The maximum Gasteiger partial charge on any atom is 0.266 e. The van der Waals surface area contributed by atoms with Gasteiger partial charge in [0.1, 0.15) is 0 Å². The summed E-state index contributed by atoms with van der Waals surface area (Å²) in [6, 6.07) is 3.38. The fourth-order valence-corrected chi connectivity index (χ4v) is 2.34. The Morgan fingerprint density at radius 1 is 1.37 bits per heavy atom. The first kappa shape index (κ1) is 14.0. The number of amides is 1. The lowest BCUT2D eigenvalue weighted by atomic mass is 10.1. The molecule has 19 heavy (non-hydrogen) atoms. The topological polar surface area (TPSA) is 76.1 Å². The molecule has 0 unspecified atom stereocenters. The minimum Gasteiger partial charge on any atom is -0.268 e. The molecule has 1 fully saturated rings. The minimum atomic E-state index is -3.61. The van der Waals surface area contributed by atoms with E-state index in [0.717, 1.165) is 24.2 Å². The number of nitrogens with zero attached hydrogens (tertiary/aromatic N) is 1. The second-order valence-electron chi connectivity index (χ2n) is 5.18. The predicted octanol–water partition coefficient (Wildman–Crippen LogP) is 1.74. The van der Waals surface area contributed by atoms with Crippen molar-refractivity contribution in [2.45, 2.75) is 44.8 Å². The SMILES string of the molecule is Cc1ccc(C(=O)NS(=O)(=O)C(C)C)c(C2CC2)n1. The van der Waals surface area contributed by atoms with Gasteiger partial charge >= 0.3 is 0 Å². The van der Waals surface area contributed by atoms with Crippen LogP contribution in [0.1, 0.15) is 54.4 Å². The molecule has 0 bridgehead atoms. The van der Waals surface area contributed by atoms with Crippen molar-refractivity contribution >= 4 is 15.9 Å². The first-order chi connectivity index (χ1) is 8.81. The Balaban J connectivity index is 2.29. The van der Waals surface area contributed by atoms with Crippen molar-refractivity contribution in [2.75, 3.05) is 0 Å². The number of nitrogens with one attached hydrogen (secondary N) is 1. The molecule has 0 spiro atoms. The van der Waals surface area contributed by atoms with Crippen molar-refractivity contribution in [1.82, 2.24) is 9.71 Å². The van der Waals surface area contributed by atoms with Crippen molar-refractivity contribution in [2.24, 2.45) is 0 Å². The molecule has 0 aliphatic heterocycles. The molecule has 0 radical (unpaired) electrons. The zero-order valence-electron chi connectivity index (χ0n) is 11.3. The number of aryl methyl sites for hydroxylation is 1. The van der Waals surface area contributed by atoms with Gasteiger partial charge in [-0.05, 0) is 45.7 Å². The van der Waals surface area contributed by atoms with E-state index in [1.807, 2.05) is 6.92 Å². The average molecular weight is 282 g/mol. The van der Waals surface area contributed by atoms with Gasteiger partial charge in [0.2, 0.25) is 10.0 Å². The molecule has 1 aromatic rings. The third-order valence-corrected chi connectivity index (χ3v) is 4.84. The lowest BCUT2D eigenvalue weighted by molar-refractivity contribution is 0.0979. The summed E-state index contributed by atoms with van der Waals surface area (Å²) in [5.41, 5.74) is 1.93. The molecule has 0 saturated heterocycles. The van der Waals surface area contributed by atoms with E-state index < -0.39 is 21.2 Å². The van der Waals surface area contributed by atoms with Crippen LogP contribution in [-0.2, 0) is 10.0 Å². The highest BCUT2D eigenvalue weighted by Gasteiger charge is 2.31. The number of hydrogen-bond donors (Lipinski definition) is 1. The van der Waals surface area contributed by atoms with Crippen molar-refractivity contribution in [3.63, 3.8) is 0 Å². The van der Waals surface area contributed by atoms with Crippen LogP contribution >= 0.6 is 0 Å². The minimum absolute atomic E-state index is 0.294. The summed E-state index contributed by atoms with van der Waals surface area (Å²) in [5.74, 6) is -0.287. The van der Waals surface area contributed by atoms with E-state index in [1.165, 1.54) is 13.8 Å². The maximum atomic E-state index is 12.1.